The van der Waals surface area contributed by atoms with Crippen molar-refractivity contribution < 1.29 is 0 Å². The first-order chi connectivity index (χ1) is 6.79. The average Bonchev–Trinajstić information content (AvgIpc) is 2.16. The molecular formula is C13H25N. The van der Waals surface area contributed by atoms with Gasteiger partial charge in [-0.15, -0.1) is 0 Å². The van der Waals surface area contributed by atoms with Gasteiger partial charge in [0.1, 0.15) is 0 Å². The van der Waals surface area contributed by atoms with Gasteiger partial charge in [-0.25, -0.2) is 0 Å². The third-order valence-corrected chi connectivity index (χ3v) is 4.65. The topological polar surface area (TPSA) is 26.0 Å². The quantitative estimate of drug-likeness (QED) is 0.735. The molecule has 1 nitrogen and oxygen atoms in total. The maximum atomic E-state index is 5.75. The molecule has 0 spiro atoms. The highest BCUT2D eigenvalue weighted by molar-refractivity contribution is 4.84. The van der Waals surface area contributed by atoms with Crippen LogP contribution in [-0.2, 0) is 0 Å². The molecule has 0 aromatic heterocycles. The van der Waals surface area contributed by atoms with Gasteiger partial charge in [0.25, 0.3) is 0 Å². The second-order valence-electron chi connectivity index (χ2n) is 5.69. The van der Waals surface area contributed by atoms with Crippen LogP contribution in [-0.4, -0.2) is 6.54 Å². The minimum atomic E-state index is 0.884. The minimum absolute atomic E-state index is 0.884. The summed E-state index contributed by atoms with van der Waals surface area (Å²) in [6, 6.07) is 0. The Labute approximate surface area is 88.4 Å². The molecule has 2 atom stereocenters. The van der Waals surface area contributed by atoms with Gasteiger partial charge in [0.15, 0.2) is 0 Å². The van der Waals surface area contributed by atoms with E-state index in [0.29, 0.717) is 0 Å². The van der Waals surface area contributed by atoms with E-state index in [2.05, 4.69) is 6.92 Å². The van der Waals surface area contributed by atoms with Crippen LogP contribution < -0.4 is 5.73 Å². The molecule has 2 aliphatic carbocycles. The highest BCUT2D eigenvalue weighted by atomic mass is 14.6. The van der Waals surface area contributed by atoms with Gasteiger partial charge in [0.2, 0.25) is 0 Å². The summed E-state index contributed by atoms with van der Waals surface area (Å²) in [6.45, 7) is 3.34. The largest absolute Gasteiger partial charge is 0.330 e. The van der Waals surface area contributed by atoms with E-state index in [1.807, 2.05) is 0 Å². The van der Waals surface area contributed by atoms with Crippen molar-refractivity contribution in [2.45, 2.75) is 51.9 Å². The Morgan fingerprint density at radius 1 is 0.929 bits per heavy atom. The van der Waals surface area contributed by atoms with E-state index < -0.39 is 0 Å². The van der Waals surface area contributed by atoms with Gasteiger partial charge in [-0.05, 0) is 49.5 Å². The third-order valence-electron chi connectivity index (χ3n) is 4.65. The lowest BCUT2D eigenvalue weighted by Crippen LogP contribution is -2.34. The van der Waals surface area contributed by atoms with Gasteiger partial charge in [-0.2, -0.15) is 0 Å². The highest BCUT2D eigenvalue weighted by Gasteiger charge is 2.32. The Balaban J connectivity index is 1.70. The van der Waals surface area contributed by atoms with Gasteiger partial charge in [0.05, 0.1) is 0 Å². The number of hydrogen-bond acceptors (Lipinski definition) is 1. The smallest absolute Gasteiger partial charge is 0.00462 e. The van der Waals surface area contributed by atoms with Crippen LogP contribution in [0.2, 0.25) is 0 Å². The summed E-state index contributed by atoms with van der Waals surface area (Å²) < 4.78 is 0. The second kappa shape index (κ2) is 4.65. The Hall–Kier alpha value is -0.0400. The highest BCUT2D eigenvalue weighted by Crippen LogP contribution is 2.41. The predicted molar refractivity (Wildman–Crippen MR) is 61.0 cm³/mol. The van der Waals surface area contributed by atoms with E-state index in [0.717, 1.165) is 30.2 Å². The number of nitrogens with two attached hydrogens (primary N) is 1. The van der Waals surface area contributed by atoms with E-state index in [1.54, 1.807) is 0 Å². The minimum Gasteiger partial charge on any atom is -0.330 e. The second-order valence-corrected chi connectivity index (χ2v) is 5.69. The molecule has 2 unspecified atom stereocenters. The predicted octanol–water partition coefficient (Wildman–Crippen LogP) is 3.19. The molecule has 0 aromatic rings. The van der Waals surface area contributed by atoms with Crippen LogP contribution >= 0.6 is 0 Å². The van der Waals surface area contributed by atoms with Crippen molar-refractivity contribution in [1.29, 1.82) is 0 Å². The zero-order valence-electron chi connectivity index (χ0n) is 9.54. The maximum Gasteiger partial charge on any atom is -0.00462 e. The van der Waals surface area contributed by atoms with Crippen molar-refractivity contribution >= 4 is 0 Å². The maximum absolute atomic E-state index is 5.75. The first-order valence-corrected chi connectivity index (χ1v) is 6.49. The summed E-state index contributed by atoms with van der Waals surface area (Å²) in [5.41, 5.74) is 5.75. The van der Waals surface area contributed by atoms with Gasteiger partial charge < -0.3 is 5.73 Å². The summed E-state index contributed by atoms with van der Waals surface area (Å²) in [4.78, 5) is 0. The van der Waals surface area contributed by atoms with E-state index >= 15 is 0 Å². The summed E-state index contributed by atoms with van der Waals surface area (Å²) in [5.74, 6) is 3.93. The molecule has 0 aliphatic heterocycles. The van der Waals surface area contributed by atoms with E-state index in [9.17, 15) is 0 Å². The van der Waals surface area contributed by atoms with Crippen molar-refractivity contribution in [1.82, 2.24) is 0 Å². The zero-order chi connectivity index (χ0) is 9.97. The molecule has 0 heterocycles. The van der Waals surface area contributed by atoms with Crippen LogP contribution in [0.4, 0.5) is 0 Å². The summed E-state index contributed by atoms with van der Waals surface area (Å²) >= 11 is 0. The lowest BCUT2D eigenvalue weighted by Gasteiger charge is -2.39. The van der Waals surface area contributed by atoms with Crippen molar-refractivity contribution in [3.05, 3.63) is 0 Å². The first-order valence-electron chi connectivity index (χ1n) is 6.49. The standard InChI is InChI=1S/C13H25N/c1-10-2-4-11(5-3-10)8-12-6-7-13(12)9-14/h10-13H,2-9,14H2,1H3. The summed E-state index contributed by atoms with van der Waals surface area (Å²) in [7, 11) is 0. The molecule has 2 fully saturated rings. The fourth-order valence-electron chi connectivity index (χ4n) is 3.25. The van der Waals surface area contributed by atoms with Crippen molar-refractivity contribution in [3.63, 3.8) is 0 Å². The van der Waals surface area contributed by atoms with Gasteiger partial charge in [0, 0.05) is 0 Å². The molecule has 0 bridgehead atoms. The Bertz CT molecular complexity index is 168. The molecule has 2 aliphatic rings. The monoisotopic (exact) mass is 195 g/mol. The van der Waals surface area contributed by atoms with Crippen molar-refractivity contribution in [2.24, 2.45) is 29.4 Å². The SMILES string of the molecule is CC1CCC(CC2CCC2CN)CC1. The van der Waals surface area contributed by atoms with Gasteiger partial charge in [-0.3, -0.25) is 0 Å². The van der Waals surface area contributed by atoms with E-state index in [1.165, 1.54) is 44.9 Å². The van der Waals surface area contributed by atoms with Crippen LogP contribution in [0.1, 0.15) is 51.9 Å². The van der Waals surface area contributed by atoms with Crippen LogP contribution in [0.3, 0.4) is 0 Å². The molecular weight excluding hydrogens is 170 g/mol. The zero-order valence-corrected chi connectivity index (χ0v) is 9.54. The molecule has 2 N–H and O–H groups in total. The Morgan fingerprint density at radius 3 is 2.07 bits per heavy atom. The van der Waals surface area contributed by atoms with Crippen molar-refractivity contribution in [2.75, 3.05) is 6.54 Å². The van der Waals surface area contributed by atoms with Gasteiger partial charge in [-0.1, -0.05) is 32.6 Å². The first kappa shape index (κ1) is 10.5. The van der Waals surface area contributed by atoms with Crippen molar-refractivity contribution in [3.8, 4) is 0 Å². The molecule has 0 amide bonds. The van der Waals surface area contributed by atoms with Crippen LogP contribution in [0.5, 0.6) is 0 Å². The molecule has 2 saturated carbocycles. The lowest BCUT2D eigenvalue weighted by molar-refractivity contribution is 0.126. The van der Waals surface area contributed by atoms with E-state index in [4.69, 9.17) is 5.73 Å². The number of rotatable bonds is 3. The van der Waals surface area contributed by atoms with Crippen LogP contribution in [0, 0.1) is 23.7 Å². The molecule has 0 saturated heterocycles. The third kappa shape index (κ3) is 2.31. The molecule has 82 valence electrons. The van der Waals surface area contributed by atoms with Gasteiger partial charge >= 0.3 is 0 Å². The normalized spacial score (nSPS) is 43.3. The Morgan fingerprint density at radius 2 is 1.57 bits per heavy atom. The van der Waals surface area contributed by atoms with Crippen LogP contribution in [0.15, 0.2) is 0 Å². The molecule has 0 aromatic carbocycles. The Kier molecular flexibility index (Phi) is 3.48. The fraction of sp³-hybridized carbons (Fsp3) is 1.00. The number of hydrogen-bond donors (Lipinski definition) is 1. The average molecular weight is 195 g/mol. The fourth-order valence-corrected chi connectivity index (χ4v) is 3.25. The summed E-state index contributed by atoms with van der Waals surface area (Å²) in [6.07, 6.45) is 10.3. The van der Waals surface area contributed by atoms with E-state index in [-0.39, 0.29) is 0 Å². The molecule has 0 radical (unpaired) electrons. The van der Waals surface area contributed by atoms with Crippen LogP contribution in [0.25, 0.3) is 0 Å². The molecule has 2 rings (SSSR count). The molecule has 1 heteroatoms. The molecule has 14 heavy (non-hydrogen) atoms. The summed E-state index contributed by atoms with van der Waals surface area (Å²) in [5, 5.41) is 0. The lowest BCUT2D eigenvalue weighted by atomic mass is 9.67.